The molecule has 0 aromatic heterocycles. The molecule has 1 unspecified atom stereocenters. The van der Waals surface area contributed by atoms with E-state index >= 15 is 0 Å². The van der Waals surface area contributed by atoms with Gasteiger partial charge in [-0.1, -0.05) is 30.3 Å². The van der Waals surface area contributed by atoms with Gasteiger partial charge >= 0.3 is 37.8 Å². The molecule has 1 rings (SSSR count). The van der Waals surface area contributed by atoms with Crippen LogP contribution in [0.4, 0.5) is 0 Å². The maximum Gasteiger partial charge on any atom is 1.00 e. The Morgan fingerprint density at radius 2 is 2.00 bits per heavy atom. The Kier molecular flexibility index (Phi) is 6.86. The second-order valence-corrected chi connectivity index (χ2v) is 2.73. The third-order valence-electron chi connectivity index (χ3n) is 1.18. The first kappa shape index (κ1) is 12.2. The fourth-order valence-corrected chi connectivity index (χ4v) is 0.964. The van der Waals surface area contributed by atoms with Crippen LogP contribution in [-0.2, 0) is 15.7 Å². The van der Waals surface area contributed by atoms with E-state index in [0.29, 0.717) is 0 Å². The summed E-state index contributed by atoms with van der Waals surface area (Å²) < 4.78 is 14.6. The van der Waals surface area contributed by atoms with E-state index in [0.717, 1.165) is 5.56 Å². The Labute approximate surface area is 95.5 Å². The molecule has 0 aliphatic heterocycles. The first-order valence-electron chi connectivity index (χ1n) is 3.12. The average molecular weight is 195 g/mol. The molecule has 1 aromatic rings. The predicted molar refractivity (Wildman–Crippen MR) is 42.2 cm³/mol. The van der Waals surface area contributed by atoms with Gasteiger partial charge in [-0.2, -0.15) is 0 Å². The van der Waals surface area contributed by atoms with Crippen LogP contribution in [-0.4, -0.2) is 4.89 Å². The molecule has 0 aliphatic rings. The van der Waals surface area contributed by atoms with Gasteiger partial charge in [-0.25, -0.2) is 0 Å². The quantitative estimate of drug-likeness (QED) is 0.495. The minimum absolute atomic E-state index is 0. The maximum atomic E-state index is 10.1. The van der Waals surface area contributed by atoms with Crippen molar-refractivity contribution in [3.63, 3.8) is 0 Å². The molecule has 12 heavy (non-hydrogen) atoms. The van der Waals surface area contributed by atoms with Gasteiger partial charge in [0.1, 0.15) is 6.61 Å². The zero-order valence-electron chi connectivity index (χ0n) is 7.80. The van der Waals surface area contributed by atoms with E-state index in [1.165, 1.54) is 0 Å². The van der Waals surface area contributed by atoms with Gasteiger partial charge < -0.3 is 1.43 Å². The van der Waals surface area contributed by atoms with Gasteiger partial charge in [0, 0.05) is 4.57 Å². The van der Waals surface area contributed by atoms with E-state index in [4.69, 9.17) is 4.89 Å². The first-order valence-corrected chi connectivity index (χ1v) is 4.25. The minimum Gasteiger partial charge on any atom is -1.00 e. The van der Waals surface area contributed by atoms with Crippen molar-refractivity contribution in [3.8, 4) is 0 Å². The number of hydrogen-bond acceptors (Lipinski definition) is 2. The van der Waals surface area contributed by atoms with Gasteiger partial charge in [-0.15, -0.1) is 9.42 Å². The van der Waals surface area contributed by atoms with E-state index < -0.39 is 8.25 Å². The Morgan fingerprint density at radius 1 is 1.42 bits per heavy atom. The largest absolute Gasteiger partial charge is 1.00 e. The summed E-state index contributed by atoms with van der Waals surface area (Å²) in [5.74, 6) is 0. The van der Waals surface area contributed by atoms with Gasteiger partial charge in [0.2, 0.25) is 0 Å². The molecule has 0 saturated heterocycles. The summed E-state index contributed by atoms with van der Waals surface area (Å²) in [5.41, 5.74) is 0.893. The van der Waals surface area contributed by atoms with Gasteiger partial charge in [0.15, 0.2) is 0 Å². The Morgan fingerprint density at radius 3 is 2.50 bits per heavy atom. The summed E-state index contributed by atoms with van der Waals surface area (Å²) >= 11 is 0. The molecule has 0 aliphatic carbocycles. The van der Waals surface area contributed by atoms with E-state index in [9.17, 15) is 4.57 Å². The van der Waals surface area contributed by atoms with E-state index in [1.807, 2.05) is 30.3 Å². The summed E-state index contributed by atoms with van der Waals surface area (Å²) in [5, 5.41) is 0. The Hall–Kier alpha value is 0.240. The van der Waals surface area contributed by atoms with Crippen molar-refractivity contribution < 1.29 is 45.0 Å². The molecule has 0 saturated carbocycles. The van der Waals surface area contributed by atoms with Gasteiger partial charge in [-0.3, -0.25) is 0 Å². The van der Waals surface area contributed by atoms with Gasteiger partial charge in [0.25, 0.3) is 0 Å². The topological polar surface area (TPSA) is 46.5 Å². The molecule has 1 N–H and O–H groups in total. The monoisotopic (exact) mass is 195 g/mol. The molecule has 5 heteroatoms. The minimum atomic E-state index is -2.47. The van der Waals surface area contributed by atoms with Crippen LogP contribution in [0.15, 0.2) is 30.3 Å². The normalized spacial score (nSPS) is 10.2. The molecule has 0 bridgehead atoms. The van der Waals surface area contributed by atoms with Crippen LogP contribution < -0.4 is 29.6 Å². The molecule has 0 fully saturated rings. The molecular formula is C7H9NaO3P+. The van der Waals surface area contributed by atoms with Gasteiger partial charge in [0.05, 0.1) is 0 Å². The molecule has 3 nitrogen and oxygen atoms in total. The van der Waals surface area contributed by atoms with Crippen molar-refractivity contribution in [3.05, 3.63) is 35.9 Å². The van der Waals surface area contributed by atoms with Crippen molar-refractivity contribution in [2.24, 2.45) is 0 Å². The van der Waals surface area contributed by atoms with Crippen molar-refractivity contribution in [2.75, 3.05) is 0 Å². The summed E-state index contributed by atoms with van der Waals surface area (Å²) in [6.07, 6.45) is 0. The van der Waals surface area contributed by atoms with Crippen LogP contribution in [0.25, 0.3) is 0 Å². The molecule has 0 heterocycles. The zero-order chi connectivity index (χ0) is 8.10. The maximum absolute atomic E-state index is 10.1. The molecular weight excluding hydrogens is 186 g/mol. The average Bonchev–Trinajstić information content (AvgIpc) is 2.03. The first-order chi connectivity index (χ1) is 5.29. The fourth-order valence-electron chi connectivity index (χ4n) is 0.704. The number of rotatable bonds is 3. The Bertz CT molecular complexity index is 245. The summed E-state index contributed by atoms with van der Waals surface area (Å²) in [7, 11) is -2.47. The summed E-state index contributed by atoms with van der Waals surface area (Å²) in [4.78, 5) is 8.30. The van der Waals surface area contributed by atoms with Gasteiger partial charge in [-0.05, 0) is 5.56 Å². The van der Waals surface area contributed by atoms with Crippen molar-refractivity contribution in [2.45, 2.75) is 6.61 Å². The van der Waals surface area contributed by atoms with Crippen molar-refractivity contribution in [1.29, 1.82) is 0 Å². The number of hydrogen-bond donors (Lipinski definition) is 1. The van der Waals surface area contributed by atoms with E-state index in [2.05, 4.69) is 4.52 Å². The van der Waals surface area contributed by atoms with Crippen LogP contribution >= 0.6 is 8.25 Å². The molecule has 1 aromatic carbocycles. The second-order valence-electron chi connectivity index (χ2n) is 2.00. The van der Waals surface area contributed by atoms with Crippen LogP contribution in [0.2, 0.25) is 0 Å². The zero-order valence-corrected chi connectivity index (χ0v) is 9.70. The third kappa shape index (κ3) is 4.99. The van der Waals surface area contributed by atoms with Crippen LogP contribution in [0.3, 0.4) is 0 Å². The SMILES string of the molecule is O=[P+](O)OCc1ccccc1.[H-].[Na+]. The molecule has 60 valence electrons. The van der Waals surface area contributed by atoms with Crippen LogP contribution in [0, 0.1) is 0 Å². The van der Waals surface area contributed by atoms with E-state index in [1.54, 1.807) is 0 Å². The fraction of sp³-hybridized carbons (Fsp3) is 0.143. The summed E-state index contributed by atoms with van der Waals surface area (Å²) in [6, 6.07) is 9.24. The smallest absolute Gasteiger partial charge is 1.00 e. The molecule has 1 atom stereocenters. The third-order valence-corrected chi connectivity index (χ3v) is 1.53. The number of benzene rings is 1. The van der Waals surface area contributed by atoms with Crippen LogP contribution in [0.1, 0.15) is 6.99 Å². The molecule has 0 spiro atoms. The molecule has 0 amide bonds. The predicted octanol–water partition coefficient (Wildman–Crippen LogP) is -1.03. The van der Waals surface area contributed by atoms with Crippen molar-refractivity contribution in [1.82, 2.24) is 0 Å². The van der Waals surface area contributed by atoms with Crippen molar-refractivity contribution >= 4 is 8.25 Å². The van der Waals surface area contributed by atoms with E-state index in [-0.39, 0.29) is 37.6 Å². The molecule has 0 radical (unpaired) electrons. The summed E-state index contributed by atoms with van der Waals surface area (Å²) in [6.45, 7) is 0.187. The second kappa shape index (κ2) is 6.72. The Balaban J connectivity index is 0. The standard InChI is InChI=1S/C7H7O3P.Na.H/c8-11(9)10-6-7-4-2-1-3-5-7;;/h1-5H,6H2;;/q;+1;-1/p+1. The van der Waals surface area contributed by atoms with Crippen LogP contribution in [0.5, 0.6) is 0 Å².